The van der Waals surface area contributed by atoms with E-state index in [0.29, 0.717) is 28.6 Å². The SMILES string of the molecule is CC(C)Oc1ccc(-c2nc(-c3cccc4c3CC[C@@]43CCN(CCO)C3)no2)cc1C#N. The highest BCUT2D eigenvalue weighted by atomic mass is 16.5. The maximum absolute atomic E-state index is 9.53. The van der Waals surface area contributed by atoms with Gasteiger partial charge in [-0.3, -0.25) is 0 Å². The number of aliphatic hydroxyl groups is 1. The van der Waals surface area contributed by atoms with E-state index >= 15 is 0 Å². The summed E-state index contributed by atoms with van der Waals surface area (Å²) in [6.45, 7) is 6.80. The second-order valence-electron chi connectivity index (χ2n) is 9.27. The monoisotopic (exact) mass is 444 g/mol. The van der Waals surface area contributed by atoms with E-state index in [-0.39, 0.29) is 18.1 Å². The minimum absolute atomic E-state index is 0.0167. The van der Waals surface area contributed by atoms with Gasteiger partial charge in [0.2, 0.25) is 5.82 Å². The quantitative estimate of drug-likeness (QED) is 0.615. The van der Waals surface area contributed by atoms with Gasteiger partial charge in [0.15, 0.2) is 0 Å². The first-order valence-corrected chi connectivity index (χ1v) is 11.5. The Morgan fingerprint density at radius 2 is 2.15 bits per heavy atom. The van der Waals surface area contributed by atoms with E-state index in [1.165, 1.54) is 11.1 Å². The molecule has 1 fully saturated rings. The van der Waals surface area contributed by atoms with Gasteiger partial charge in [-0.25, -0.2) is 0 Å². The van der Waals surface area contributed by atoms with Gasteiger partial charge < -0.3 is 19.3 Å². The number of hydrogen-bond donors (Lipinski definition) is 1. The van der Waals surface area contributed by atoms with Gasteiger partial charge in [-0.2, -0.15) is 10.2 Å². The van der Waals surface area contributed by atoms with Crippen molar-refractivity contribution in [2.24, 2.45) is 0 Å². The van der Waals surface area contributed by atoms with Crippen LogP contribution in [0.5, 0.6) is 5.75 Å². The predicted molar refractivity (Wildman–Crippen MR) is 124 cm³/mol. The molecule has 3 aromatic rings. The molecule has 0 amide bonds. The van der Waals surface area contributed by atoms with Crippen LogP contribution in [0, 0.1) is 11.3 Å². The highest BCUT2D eigenvalue weighted by Gasteiger charge is 2.44. The van der Waals surface area contributed by atoms with Gasteiger partial charge in [0.25, 0.3) is 5.89 Å². The molecule has 1 saturated heterocycles. The number of nitriles is 1. The molecule has 7 nitrogen and oxygen atoms in total. The molecule has 1 atom stereocenters. The van der Waals surface area contributed by atoms with Crippen LogP contribution in [0.25, 0.3) is 22.8 Å². The van der Waals surface area contributed by atoms with Crippen molar-refractivity contribution < 1.29 is 14.4 Å². The van der Waals surface area contributed by atoms with Crippen LogP contribution in [0.1, 0.15) is 43.4 Å². The number of aromatic nitrogens is 2. The van der Waals surface area contributed by atoms with Crippen molar-refractivity contribution >= 4 is 0 Å². The zero-order chi connectivity index (χ0) is 23.0. The summed E-state index contributed by atoms with van der Waals surface area (Å²) in [5.74, 6) is 1.51. The van der Waals surface area contributed by atoms with Crippen LogP contribution >= 0.6 is 0 Å². The van der Waals surface area contributed by atoms with E-state index in [4.69, 9.17) is 9.26 Å². The van der Waals surface area contributed by atoms with Gasteiger partial charge >= 0.3 is 0 Å². The van der Waals surface area contributed by atoms with Gasteiger partial charge in [0.1, 0.15) is 11.8 Å². The van der Waals surface area contributed by atoms with Gasteiger partial charge in [-0.1, -0.05) is 23.4 Å². The van der Waals surface area contributed by atoms with Crippen molar-refractivity contribution in [2.45, 2.75) is 44.6 Å². The van der Waals surface area contributed by atoms with Crippen molar-refractivity contribution in [1.29, 1.82) is 5.26 Å². The molecule has 0 radical (unpaired) electrons. The average Bonchev–Trinajstić information content (AvgIpc) is 3.54. The highest BCUT2D eigenvalue weighted by molar-refractivity contribution is 5.68. The van der Waals surface area contributed by atoms with Gasteiger partial charge in [-0.15, -0.1) is 0 Å². The zero-order valence-corrected chi connectivity index (χ0v) is 19.0. The van der Waals surface area contributed by atoms with E-state index in [1.807, 2.05) is 19.9 Å². The zero-order valence-electron chi connectivity index (χ0n) is 19.0. The lowest BCUT2D eigenvalue weighted by Crippen LogP contribution is -2.30. The van der Waals surface area contributed by atoms with Crippen LogP contribution in [0.4, 0.5) is 0 Å². The minimum atomic E-state index is -0.0167. The number of nitrogens with zero attached hydrogens (tertiary/aromatic N) is 4. The third-order valence-corrected chi connectivity index (χ3v) is 6.83. The Morgan fingerprint density at radius 3 is 2.94 bits per heavy atom. The lowest BCUT2D eigenvalue weighted by atomic mass is 9.81. The molecule has 2 aliphatic rings. The minimum Gasteiger partial charge on any atom is -0.490 e. The lowest BCUT2D eigenvalue weighted by molar-refractivity contribution is 0.213. The summed E-state index contributed by atoms with van der Waals surface area (Å²) < 4.78 is 11.3. The van der Waals surface area contributed by atoms with Crippen LogP contribution in [-0.2, 0) is 11.8 Å². The van der Waals surface area contributed by atoms with Crippen LogP contribution in [0.15, 0.2) is 40.9 Å². The second-order valence-corrected chi connectivity index (χ2v) is 9.27. The fourth-order valence-electron chi connectivity index (χ4n) is 5.33. The molecule has 0 unspecified atom stereocenters. The maximum atomic E-state index is 9.53. The van der Waals surface area contributed by atoms with E-state index in [0.717, 1.165) is 44.5 Å². The number of aliphatic hydroxyl groups excluding tert-OH is 1. The first kappa shape index (κ1) is 21.6. The van der Waals surface area contributed by atoms with E-state index in [9.17, 15) is 10.4 Å². The van der Waals surface area contributed by atoms with E-state index in [2.05, 4.69) is 39.3 Å². The summed E-state index contributed by atoms with van der Waals surface area (Å²) in [6.07, 6.45) is 3.19. The highest BCUT2D eigenvalue weighted by Crippen LogP contribution is 2.47. The maximum Gasteiger partial charge on any atom is 0.258 e. The van der Waals surface area contributed by atoms with Crippen molar-refractivity contribution in [2.75, 3.05) is 26.2 Å². The molecule has 1 aromatic heterocycles. The molecule has 7 heteroatoms. The largest absolute Gasteiger partial charge is 0.490 e. The summed E-state index contributed by atoms with van der Waals surface area (Å²) in [6, 6.07) is 13.9. The first-order chi connectivity index (χ1) is 16.0. The van der Waals surface area contributed by atoms with E-state index < -0.39 is 0 Å². The Bertz CT molecular complexity index is 1210. The molecule has 1 aliphatic carbocycles. The first-order valence-electron chi connectivity index (χ1n) is 11.5. The molecule has 33 heavy (non-hydrogen) atoms. The van der Waals surface area contributed by atoms with Gasteiger partial charge in [-0.05, 0) is 69.0 Å². The van der Waals surface area contributed by atoms with Gasteiger partial charge in [0, 0.05) is 29.6 Å². The third kappa shape index (κ3) is 3.90. The van der Waals surface area contributed by atoms with Crippen LogP contribution in [0.2, 0.25) is 0 Å². The molecule has 5 rings (SSSR count). The fourth-order valence-corrected chi connectivity index (χ4v) is 5.33. The lowest BCUT2D eigenvalue weighted by Gasteiger charge is -2.25. The van der Waals surface area contributed by atoms with Crippen molar-refractivity contribution in [1.82, 2.24) is 15.0 Å². The number of rotatable bonds is 6. The molecule has 1 aliphatic heterocycles. The summed E-state index contributed by atoms with van der Waals surface area (Å²) in [5.41, 5.74) is 4.99. The average molecular weight is 445 g/mol. The molecule has 0 bridgehead atoms. The number of fused-ring (bicyclic) bond motifs is 2. The van der Waals surface area contributed by atoms with Crippen molar-refractivity contribution in [3.8, 4) is 34.7 Å². The Balaban J connectivity index is 1.45. The topological polar surface area (TPSA) is 95.4 Å². The van der Waals surface area contributed by atoms with Crippen molar-refractivity contribution in [3.05, 3.63) is 53.1 Å². The second kappa shape index (κ2) is 8.62. The molecule has 170 valence electrons. The predicted octanol–water partition coefficient (Wildman–Crippen LogP) is 3.94. The smallest absolute Gasteiger partial charge is 0.258 e. The summed E-state index contributed by atoms with van der Waals surface area (Å²) in [4.78, 5) is 7.04. The molecule has 2 aromatic carbocycles. The normalized spacial score (nSPS) is 19.8. The number of ether oxygens (including phenoxy) is 1. The number of β-amino-alcohol motifs (C(OH)–C–C–N with tert-alkyl or cyclic N) is 1. The molecular formula is C26H28N4O3. The fraction of sp³-hybridized carbons (Fsp3) is 0.423. The van der Waals surface area contributed by atoms with Crippen LogP contribution < -0.4 is 4.74 Å². The molecular weight excluding hydrogens is 416 g/mol. The van der Waals surface area contributed by atoms with Gasteiger partial charge in [0.05, 0.1) is 18.3 Å². The van der Waals surface area contributed by atoms with Crippen molar-refractivity contribution in [3.63, 3.8) is 0 Å². The molecule has 0 saturated carbocycles. The molecule has 1 spiro atoms. The number of likely N-dealkylation sites (tertiary alicyclic amines) is 1. The van der Waals surface area contributed by atoms with E-state index in [1.54, 1.807) is 12.1 Å². The Hall–Kier alpha value is -3.21. The van der Waals surface area contributed by atoms with Crippen LogP contribution in [0.3, 0.4) is 0 Å². The third-order valence-electron chi connectivity index (χ3n) is 6.83. The number of hydrogen-bond acceptors (Lipinski definition) is 7. The Kier molecular flexibility index (Phi) is 5.65. The summed E-state index contributed by atoms with van der Waals surface area (Å²) in [7, 11) is 0. The molecule has 1 N–H and O–H groups in total. The summed E-state index contributed by atoms with van der Waals surface area (Å²) in [5, 5.41) is 23.1. The molecule has 2 heterocycles. The Labute approximate surface area is 193 Å². The number of benzene rings is 2. The standard InChI is InChI=1S/C26H28N4O3/c1-17(2)32-23-7-6-18(14-19(23)15-27)25-28-24(29-33-25)21-4-3-5-22-20(21)8-9-26(22)10-11-30(16-26)12-13-31/h3-7,14,17,31H,8-13,16H2,1-2H3/t26-/m0/s1. The summed E-state index contributed by atoms with van der Waals surface area (Å²) >= 11 is 0. The van der Waals surface area contributed by atoms with Crippen LogP contribution in [-0.4, -0.2) is 52.5 Å². The Morgan fingerprint density at radius 1 is 1.27 bits per heavy atom.